The summed E-state index contributed by atoms with van der Waals surface area (Å²) in [6.45, 7) is 5.83. The molecule has 270 valence electrons. The predicted molar refractivity (Wildman–Crippen MR) is 191 cm³/mol. The molecule has 4 saturated heterocycles. The minimum absolute atomic E-state index is 0.0840. The fourth-order valence-electron chi connectivity index (χ4n) is 8.04. The summed E-state index contributed by atoms with van der Waals surface area (Å²) in [5, 5.41) is 15.4. The number of nitrogens with one attached hydrogen (secondary N) is 1. The van der Waals surface area contributed by atoms with Gasteiger partial charge in [0, 0.05) is 75.2 Å². The Morgan fingerprint density at radius 1 is 0.885 bits per heavy atom. The molecule has 4 aliphatic heterocycles. The Morgan fingerprint density at radius 3 is 2.35 bits per heavy atom. The molecule has 4 aliphatic rings. The Kier molecular flexibility index (Phi) is 9.03. The van der Waals surface area contributed by atoms with Crippen LogP contribution >= 0.6 is 0 Å². The number of fused-ring (bicyclic) bond motifs is 1. The van der Waals surface area contributed by atoms with Crippen molar-refractivity contribution in [1.82, 2.24) is 39.9 Å². The van der Waals surface area contributed by atoms with Crippen molar-refractivity contribution in [3.8, 4) is 11.1 Å². The van der Waals surface area contributed by atoms with Crippen molar-refractivity contribution in [3.05, 3.63) is 70.8 Å². The molecule has 1 unspecified atom stereocenters. The van der Waals surface area contributed by atoms with Crippen LogP contribution in [0.15, 0.2) is 59.7 Å². The van der Waals surface area contributed by atoms with Crippen molar-refractivity contribution in [2.75, 3.05) is 50.7 Å². The Morgan fingerprint density at radius 2 is 1.63 bits per heavy atom. The summed E-state index contributed by atoms with van der Waals surface area (Å²) < 4.78 is 3.14. The molecular formula is C37H42N10O5. The molecule has 4 aromatic rings. The summed E-state index contributed by atoms with van der Waals surface area (Å²) in [6.07, 6.45) is 8.39. The molecule has 0 aliphatic carbocycles. The third-order valence-electron chi connectivity index (χ3n) is 11.2. The number of hydrogen-bond donors (Lipinski definition) is 2. The largest absolute Gasteiger partial charge is 0.370 e. The average Bonchev–Trinajstić information content (AvgIpc) is 3.63. The maximum absolute atomic E-state index is 13.4. The summed E-state index contributed by atoms with van der Waals surface area (Å²) >= 11 is 0. The number of benzene rings is 2. The first-order valence-electron chi connectivity index (χ1n) is 18.1. The number of anilines is 1. The van der Waals surface area contributed by atoms with Gasteiger partial charge in [-0.1, -0.05) is 17.3 Å². The number of nitrogens with two attached hydrogens (primary N) is 1. The van der Waals surface area contributed by atoms with Gasteiger partial charge in [-0.2, -0.15) is 9.78 Å². The van der Waals surface area contributed by atoms with Gasteiger partial charge in [-0.25, -0.2) is 0 Å². The number of imide groups is 1. The van der Waals surface area contributed by atoms with Crippen molar-refractivity contribution in [2.24, 2.45) is 17.6 Å². The molecule has 15 nitrogen and oxygen atoms in total. The van der Waals surface area contributed by atoms with Crippen LogP contribution in [0.5, 0.6) is 0 Å². The number of likely N-dealkylation sites (tertiary alicyclic amines) is 2. The topological polar surface area (TPSA) is 182 Å². The second kappa shape index (κ2) is 13.9. The van der Waals surface area contributed by atoms with Crippen molar-refractivity contribution < 1.29 is 19.2 Å². The van der Waals surface area contributed by atoms with E-state index in [4.69, 9.17) is 5.73 Å². The van der Waals surface area contributed by atoms with Crippen molar-refractivity contribution in [2.45, 2.75) is 50.6 Å². The molecule has 2 aromatic carbocycles. The van der Waals surface area contributed by atoms with Gasteiger partial charge >= 0.3 is 0 Å². The van der Waals surface area contributed by atoms with Gasteiger partial charge in [0.25, 0.3) is 11.5 Å². The standard InChI is InChI=1S/C37H42N10O5/c38-34(49)25-3-1-24(2-4-25)26-18-39-46(22-26)28-11-13-43(14-12-28)19-23-9-15-44(16-10-23)36(51)27-20-45(21-27)29-5-6-31-30(17-29)37(52)47(42-41-31)32-7-8-33(48)40-35(32)50/h1-6,17-18,22-23,27-28,32H,7-16,19-21H2,(H2,38,49)(H,40,48,50). The number of aromatic nitrogens is 5. The summed E-state index contributed by atoms with van der Waals surface area (Å²) in [6, 6.07) is 12.1. The Hall–Kier alpha value is -5.44. The van der Waals surface area contributed by atoms with Gasteiger partial charge in [0.05, 0.1) is 23.5 Å². The molecule has 0 radical (unpaired) electrons. The van der Waals surface area contributed by atoms with Gasteiger partial charge in [-0.15, -0.1) is 5.10 Å². The highest BCUT2D eigenvalue weighted by atomic mass is 16.2. The van der Waals surface area contributed by atoms with Crippen LogP contribution in [0.3, 0.4) is 0 Å². The summed E-state index contributed by atoms with van der Waals surface area (Å²) in [7, 11) is 0. The van der Waals surface area contributed by atoms with Crippen molar-refractivity contribution in [1.29, 1.82) is 0 Å². The van der Waals surface area contributed by atoms with Crippen LogP contribution in [-0.4, -0.2) is 104 Å². The normalized spacial score (nSPS) is 21.0. The van der Waals surface area contributed by atoms with E-state index in [1.807, 2.05) is 29.3 Å². The van der Waals surface area contributed by atoms with E-state index >= 15 is 0 Å². The van der Waals surface area contributed by atoms with Crippen LogP contribution in [0.25, 0.3) is 22.0 Å². The first-order valence-corrected chi connectivity index (χ1v) is 18.1. The molecule has 15 heteroatoms. The summed E-state index contributed by atoms with van der Waals surface area (Å²) in [5.74, 6) is -0.657. The zero-order chi connectivity index (χ0) is 35.9. The first kappa shape index (κ1) is 33.7. The summed E-state index contributed by atoms with van der Waals surface area (Å²) in [4.78, 5) is 68.7. The van der Waals surface area contributed by atoms with E-state index in [2.05, 4.69) is 41.4 Å². The minimum atomic E-state index is -0.876. The van der Waals surface area contributed by atoms with Crippen molar-refractivity contribution >= 4 is 40.2 Å². The summed E-state index contributed by atoms with van der Waals surface area (Å²) in [5.41, 5.74) is 8.72. The number of amides is 4. The van der Waals surface area contributed by atoms with Crippen LogP contribution in [0.4, 0.5) is 5.69 Å². The number of piperidine rings is 3. The minimum Gasteiger partial charge on any atom is -0.370 e. The lowest BCUT2D eigenvalue weighted by Gasteiger charge is -2.44. The SMILES string of the molecule is NC(=O)c1ccc(-c2cnn(C3CCN(CC4CCN(C(=O)C5CN(c6ccc7nnn(C8CCC(=O)NC8=O)c(=O)c7c6)C5)CC4)CC3)c2)cc1. The van der Waals surface area contributed by atoms with E-state index in [1.165, 1.54) is 0 Å². The van der Waals surface area contributed by atoms with Gasteiger partial charge in [0.15, 0.2) is 0 Å². The lowest BCUT2D eigenvalue weighted by molar-refractivity contribution is -0.138. The molecular weight excluding hydrogens is 664 g/mol. The highest BCUT2D eigenvalue weighted by Gasteiger charge is 2.37. The molecule has 4 amide bonds. The first-order chi connectivity index (χ1) is 25.2. The van der Waals surface area contributed by atoms with Crippen LogP contribution in [0, 0.1) is 11.8 Å². The van der Waals surface area contributed by atoms with Crippen molar-refractivity contribution in [3.63, 3.8) is 0 Å². The van der Waals surface area contributed by atoms with E-state index in [-0.39, 0.29) is 30.6 Å². The number of hydrogen-bond acceptors (Lipinski definition) is 10. The van der Waals surface area contributed by atoms with Crippen LogP contribution < -0.4 is 21.5 Å². The fraction of sp³-hybridized carbons (Fsp3) is 0.459. The third-order valence-corrected chi connectivity index (χ3v) is 11.2. The van der Waals surface area contributed by atoms with Crippen LogP contribution in [0.1, 0.15) is 61.0 Å². The van der Waals surface area contributed by atoms with Gasteiger partial charge in [-0.05, 0) is 73.9 Å². The lowest BCUT2D eigenvalue weighted by Crippen LogP contribution is -2.56. The molecule has 2 aromatic heterocycles. The number of carbonyl (C=O) groups excluding carboxylic acids is 4. The smallest absolute Gasteiger partial charge is 0.278 e. The Balaban J connectivity index is 0.789. The quantitative estimate of drug-likeness (QED) is 0.256. The van der Waals surface area contributed by atoms with E-state index in [1.54, 1.807) is 24.3 Å². The van der Waals surface area contributed by atoms with E-state index in [0.29, 0.717) is 41.5 Å². The highest BCUT2D eigenvalue weighted by Crippen LogP contribution is 2.31. The molecule has 0 bridgehead atoms. The zero-order valence-electron chi connectivity index (χ0n) is 28.9. The molecule has 4 fully saturated rings. The van der Waals surface area contributed by atoms with Gasteiger partial charge in [0.1, 0.15) is 11.6 Å². The van der Waals surface area contributed by atoms with Crippen LogP contribution in [0.2, 0.25) is 0 Å². The molecule has 0 spiro atoms. The maximum atomic E-state index is 13.4. The lowest BCUT2D eigenvalue weighted by atomic mass is 9.92. The maximum Gasteiger partial charge on any atom is 0.278 e. The molecule has 1 atom stereocenters. The van der Waals surface area contributed by atoms with Gasteiger partial charge < -0.3 is 20.4 Å². The molecule has 0 saturated carbocycles. The molecule has 8 rings (SSSR count). The van der Waals surface area contributed by atoms with Gasteiger partial charge in [-0.3, -0.25) is 34.0 Å². The molecule has 3 N–H and O–H groups in total. The third kappa shape index (κ3) is 6.67. The number of carbonyl (C=O) groups is 4. The zero-order valence-corrected chi connectivity index (χ0v) is 28.9. The second-order valence-corrected chi connectivity index (χ2v) is 14.6. The average molecular weight is 707 g/mol. The number of rotatable bonds is 8. The Labute approximate surface area is 299 Å². The number of nitrogens with zero attached hydrogens (tertiary/aromatic N) is 8. The van der Waals surface area contributed by atoms with E-state index in [9.17, 15) is 24.0 Å². The van der Waals surface area contributed by atoms with E-state index < -0.39 is 23.4 Å². The van der Waals surface area contributed by atoms with Gasteiger partial charge in [0.2, 0.25) is 17.7 Å². The second-order valence-electron chi connectivity index (χ2n) is 14.6. The molecule has 6 heterocycles. The predicted octanol–water partition coefficient (Wildman–Crippen LogP) is 1.74. The fourth-order valence-corrected chi connectivity index (χ4v) is 8.04. The molecule has 52 heavy (non-hydrogen) atoms. The highest BCUT2D eigenvalue weighted by molar-refractivity contribution is 5.99. The number of primary amides is 1. The Bertz CT molecular complexity index is 2070. The van der Waals surface area contributed by atoms with Crippen LogP contribution in [-0.2, 0) is 14.4 Å². The van der Waals surface area contributed by atoms with E-state index in [0.717, 1.165) is 79.9 Å². The monoisotopic (exact) mass is 706 g/mol.